The lowest BCUT2D eigenvalue weighted by molar-refractivity contribution is -0.433. The van der Waals surface area contributed by atoms with Gasteiger partial charge in [0.2, 0.25) is 0 Å². The summed E-state index contributed by atoms with van der Waals surface area (Å²) in [5.74, 6) is -3.84. The highest BCUT2D eigenvalue weighted by molar-refractivity contribution is 7.96. The molecule has 3 aliphatic rings. The van der Waals surface area contributed by atoms with E-state index >= 15 is 0 Å². The Morgan fingerprint density at radius 3 is 2.62 bits per heavy atom. The molecule has 3 rings (SSSR count). The summed E-state index contributed by atoms with van der Waals surface area (Å²) in [4.78, 5) is 23.3. The molecule has 0 amide bonds. The van der Waals surface area contributed by atoms with Crippen LogP contribution in [0.5, 0.6) is 0 Å². The van der Waals surface area contributed by atoms with Gasteiger partial charge in [0.15, 0.2) is 0 Å². The highest BCUT2D eigenvalue weighted by atomic mass is 32.2. The smallest absolute Gasteiger partial charge is 0.415 e. The minimum atomic E-state index is -4.14. The van der Waals surface area contributed by atoms with Gasteiger partial charge in [0.05, 0.1) is 17.3 Å². The van der Waals surface area contributed by atoms with E-state index in [1.165, 1.54) is 0 Å². The van der Waals surface area contributed by atoms with E-state index in [0.717, 1.165) is 0 Å². The Morgan fingerprint density at radius 2 is 1.92 bits per heavy atom. The van der Waals surface area contributed by atoms with Crippen LogP contribution in [0.2, 0.25) is 0 Å². The van der Waals surface area contributed by atoms with Crippen LogP contribution >= 0.6 is 12.0 Å². The van der Waals surface area contributed by atoms with Gasteiger partial charge in [-0.05, 0) is 18.8 Å². The topological polar surface area (TPSA) is 135 Å². The summed E-state index contributed by atoms with van der Waals surface area (Å²) >= 11 is -0.774. The van der Waals surface area contributed by atoms with Crippen LogP contribution in [0.15, 0.2) is 0 Å². The predicted molar refractivity (Wildman–Crippen MR) is 76.5 cm³/mol. The van der Waals surface area contributed by atoms with Gasteiger partial charge in [-0.2, -0.15) is 17.2 Å². The number of rotatable bonds is 8. The van der Waals surface area contributed by atoms with Gasteiger partial charge in [0, 0.05) is 5.92 Å². The zero-order valence-electron chi connectivity index (χ0n) is 12.9. The van der Waals surface area contributed by atoms with Crippen molar-refractivity contribution in [2.45, 2.75) is 29.5 Å². The molecule has 26 heavy (non-hydrogen) atoms. The van der Waals surface area contributed by atoms with E-state index in [-0.39, 0.29) is 11.8 Å². The van der Waals surface area contributed by atoms with Crippen LogP contribution < -0.4 is 0 Å². The van der Waals surface area contributed by atoms with Crippen LogP contribution in [0.1, 0.15) is 12.8 Å². The molecule has 1 saturated heterocycles. The predicted octanol–water partition coefficient (Wildman–Crippen LogP) is 0.488. The first-order valence-electron chi connectivity index (χ1n) is 7.47. The summed E-state index contributed by atoms with van der Waals surface area (Å²) in [6, 6.07) is 0. The van der Waals surface area contributed by atoms with Crippen LogP contribution in [-0.4, -0.2) is 55.4 Å². The summed E-state index contributed by atoms with van der Waals surface area (Å²) in [7, 11) is -3.66. The molecule has 1 aliphatic heterocycles. The van der Waals surface area contributed by atoms with E-state index in [9.17, 15) is 26.8 Å². The normalized spacial score (nSPS) is 34.0. The number of carbonyl (C=O) groups is 2. The molecule has 1 heterocycles. The van der Waals surface area contributed by atoms with Crippen LogP contribution in [0, 0.1) is 17.8 Å². The number of hydrogen-bond donors (Lipinski definition) is 1. The largest absolute Gasteiger partial charge is 0.462 e. The molecule has 2 aliphatic carbocycles. The van der Waals surface area contributed by atoms with Crippen molar-refractivity contribution in [3.8, 4) is 0 Å². The van der Waals surface area contributed by atoms with Crippen molar-refractivity contribution in [3.05, 3.63) is 0 Å². The molecule has 14 heteroatoms. The zero-order chi connectivity index (χ0) is 19.1. The van der Waals surface area contributed by atoms with Gasteiger partial charge in [-0.15, -0.1) is 4.33 Å². The van der Waals surface area contributed by atoms with E-state index in [0.29, 0.717) is 12.8 Å². The molecule has 0 aromatic rings. The van der Waals surface area contributed by atoms with E-state index in [1.54, 1.807) is 0 Å². The molecule has 2 saturated carbocycles. The molecule has 2 bridgehead atoms. The number of hydrogen-bond acceptors (Lipinski definition) is 11. The third-order valence-electron chi connectivity index (χ3n) is 4.73. The maximum Gasteiger partial charge on any atom is 0.415 e. The fourth-order valence-electron chi connectivity index (χ4n) is 3.81. The first kappa shape index (κ1) is 19.7. The number of fused-ring (bicyclic) bond motifs is 1. The number of carbonyl (C=O) groups excluding carboxylic acids is 2. The number of ether oxygens (including phenoxy) is 2. The first-order chi connectivity index (χ1) is 12.2. The summed E-state index contributed by atoms with van der Waals surface area (Å²) in [6.45, 7) is -1.13. The van der Waals surface area contributed by atoms with Gasteiger partial charge in [-0.1, -0.05) is 5.04 Å². The minimum Gasteiger partial charge on any atom is -0.462 e. The SMILES string of the molecule is O=C(OCCOC(=O)C(F)(F)SOOO)C1C2CC3C1OS(=O)(=O)C3C2. The van der Waals surface area contributed by atoms with Gasteiger partial charge in [-0.25, -0.2) is 10.1 Å². The second kappa shape index (κ2) is 7.16. The zero-order valence-corrected chi connectivity index (χ0v) is 14.5. The fraction of sp³-hybridized carbons (Fsp3) is 0.833. The van der Waals surface area contributed by atoms with Gasteiger partial charge >= 0.3 is 17.2 Å². The monoisotopic (exact) mass is 420 g/mol. The third-order valence-corrected chi connectivity index (χ3v) is 7.01. The van der Waals surface area contributed by atoms with E-state index in [4.69, 9.17) is 14.2 Å². The molecule has 0 radical (unpaired) electrons. The third kappa shape index (κ3) is 3.53. The summed E-state index contributed by atoms with van der Waals surface area (Å²) in [5, 5.41) is 6.02. The highest BCUT2D eigenvalue weighted by Crippen LogP contribution is 2.57. The first-order valence-corrected chi connectivity index (χ1v) is 9.68. The molecule has 3 fully saturated rings. The summed E-state index contributed by atoms with van der Waals surface area (Å²) in [5.41, 5.74) is 0. The van der Waals surface area contributed by atoms with Crippen molar-refractivity contribution < 1.29 is 55.1 Å². The van der Waals surface area contributed by atoms with E-state index < -0.39 is 69.8 Å². The van der Waals surface area contributed by atoms with Crippen molar-refractivity contribution in [1.82, 2.24) is 0 Å². The number of alkyl halides is 2. The van der Waals surface area contributed by atoms with Gasteiger partial charge in [-0.3, -0.25) is 8.98 Å². The van der Waals surface area contributed by atoms with Crippen molar-refractivity contribution in [3.63, 3.8) is 0 Å². The molecule has 5 unspecified atom stereocenters. The van der Waals surface area contributed by atoms with E-state index in [2.05, 4.69) is 14.1 Å². The molecule has 0 aromatic carbocycles. The fourth-order valence-corrected chi connectivity index (χ4v) is 5.94. The standard InChI is InChI=1S/C12H14F2O10S2/c13-12(14,25-24-23-17)11(16)21-2-1-20-10(15)8-5-3-6-7(4-5)26(18,19)22-9(6)8/h5-9,17H,1-4H2. The van der Waals surface area contributed by atoms with Crippen molar-refractivity contribution in [2.75, 3.05) is 13.2 Å². The lowest BCUT2D eigenvalue weighted by atomic mass is 9.86. The summed E-state index contributed by atoms with van der Waals surface area (Å²) in [6.07, 6.45) is 0.129. The second-order valence-electron chi connectivity index (χ2n) is 6.06. The maximum atomic E-state index is 13.1. The maximum absolute atomic E-state index is 13.1. The van der Waals surface area contributed by atoms with Crippen LogP contribution in [-0.2, 0) is 42.7 Å². The molecule has 148 valence electrons. The van der Waals surface area contributed by atoms with Crippen LogP contribution in [0.4, 0.5) is 8.78 Å². The Kier molecular flexibility index (Phi) is 5.43. The van der Waals surface area contributed by atoms with Crippen molar-refractivity contribution in [2.24, 2.45) is 17.8 Å². The molecular weight excluding hydrogens is 406 g/mol. The molecule has 5 atom stereocenters. The van der Waals surface area contributed by atoms with Gasteiger partial charge in [0.25, 0.3) is 10.1 Å². The van der Waals surface area contributed by atoms with Gasteiger partial charge in [0.1, 0.15) is 25.3 Å². The average molecular weight is 420 g/mol. The average Bonchev–Trinajstić information content (AvgIpc) is 3.18. The Balaban J connectivity index is 1.44. The lowest BCUT2D eigenvalue weighted by Gasteiger charge is -2.23. The quantitative estimate of drug-likeness (QED) is 0.147. The van der Waals surface area contributed by atoms with Crippen LogP contribution in [0.25, 0.3) is 0 Å². The molecule has 1 N–H and O–H groups in total. The number of halogens is 2. The Labute approximate surface area is 150 Å². The molecule has 10 nitrogen and oxygen atoms in total. The minimum absolute atomic E-state index is 0.168. The Hall–Kier alpha value is -1.06. The van der Waals surface area contributed by atoms with Gasteiger partial charge < -0.3 is 9.47 Å². The second-order valence-corrected chi connectivity index (χ2v) is 8.66. The Morgan fingerprint density at radius 1 is 1.23 bits per heavy atom. The lowest BCUT2D eigenvalue weighted by Crippen LogP contribution is -2.36. The highest BCUT2D eigenvalue weighted by Gasteiger charge is 2.66. The van der Waals surface area contributed by atoms with Crippen LogP contribution in [0.3, 0.4) is 0 Å². The van der Waals surface area contributed by atoms with Crippen molar-refractivity contribution >= 4 is 34.1 Å². The summed E-state index contributed by atoms with van der Waals surface area (Å²) < 4.78 is 67.5. The molecule has 0 spiro atoms. The molecular formula is C12H14F2O10S2. The molecule has 0 aromatic heterocycles. The van der Waals surface area contributed by atoms with Crippen molar-refractivity contribution in [1.29, 1.82) is 0 Å². The van der Waals surface area contributed by atoms with E-state index in [1.807, 2.05) is 0 Å². The Bertz CT molecular complexity index is 683. The number of esters is 2.